The molecule has 0 bridgehead atoms. The first-order valence-electron chi connectivity index (χ1n) is 15.6. The van der Waals surface area contributed by atoms with Crippen LogP contribution in [-0.2, 0) is 44.7 Å². The minimum atomic E-state index is -1.28. The van der Waals surface area contributed by atoms with E-state index in [2.05, 4.69) is 0 Å². The third kappa shape index (κ3) is 10.4. The highest BCUT2D eigenvalue weighted by molar-refractivity contribution is 5.92. The molecule has 0 fully saturated rings. The molecule has 1 aliphatic heterocycles. The molecule has 17 heteroatoms. The van der Waals surface area contributed by atoms with Crippen molar-refractivity contribution in [1.82, 2.24) is 0 Å². The van der Waals surface area contributed by atoms with Crippen molar-refractivity contribution in [1.29, 1.82) is 0 Å². The molecule has 0 N–H and O–H groups in total. The summed E-state index contributed by atoms with van der Waals surface area (Å²) in [6, 6.07) is 8.98. The molecule has 3 aromatic rings. The maximum absolute atomic E-state index is 13.9. The van der Waals surface area contributed by atoms with E-state index in [1.165, 1.54) is 37.3 Å². The molecule has 17 nitrogen and oxygen atoms in total. The Morgan fingerprint density at radius 3 is 1.36 bits per heavy atom. The van der Waals surface area contributed by atoms with E-state index in [0.29, 0.717) is 5.56 Å². The summed E-state index contributed by atoms with van der Waals surface area (Å²) in [5, 5.41) is 0. The number of carbonyl (C=O) groups excluding carboxylic acids is 8. The van der Waals surface area contributed by atoms with Crippen LogP contribution in [0, 0.1) is 0 Å². The fourth-order valence-corrected chi connectivity index (χ4v) is 5.05. The Hall–Kier alpha value is -6.78. The molecule has 0 saturated carbocycles. The molecule has 0 spiro atoms. The van der Waals surface area contributed by atoms with Gasteiger partial charge in [0, 0.05) is 66.0 Å². The van der Waals surface area contributed by atoms with E-state index in [1.54, 1.807) is 0 Å². The van der Waals surface area contributed by atoms with Crippen LogP contribution >= 0.6 is 0 Å². The first-order valence-corrected chi connectivity index (χ1v) is 15.6. The topological polar surface area (TPSA) is 220 Å². The zero-order valence-corrected chi connectivity index (χ0v) is 29.3. The number of esters is 8. The Bertz CT molecular complexity index is 1950. The zero-order chi connectivity index (χ0) is 39.1. The van der Waals surface area contributed by atoms with Gasteiger partial charge >= 0.3 is 47.8 Å². The quantitative estimate of drug-likeness (QED) is 0.211. The van der Waals surface area contributed by atoms with Crippen LogP contribution in [0.25, 0.3) is 0 Å². The van der Waals surface area contributed by atoms with Crippen molar-refractivity contribution in [2.45, 2.75) is 67.1 Å². The minimum absolute atomic E-state index is 0.0997. The number of rotatable bonds is 10. The summed E-state index contributed by atoms with van der Waals surface area (Å²) in [4.78, 5) is 97.4. The summed E-state index contributed by atoms with van der Waals surface area (Å²) in [7, 11) is 0. The maximum atomic E-state index is 13.9. The maximum Gasteiger partial charge on any atom is 0.338 e. The van der Waals surface area contributed by atoms with Crippen LogP contribution in [0.15, 0.2) is 42.5 Å². The van der Waals surface area contributed by atoms with Gasteiger partial charge in [0.05, 0.1) is 5.56 Å². The van der Waals surface area contributed by atoms with Gasteiger partial charge in [0.15, 0.2) is 29.1 Å². The van der Waals surface area contributed by atoms with E-state index < -0.39 is 83.0 Å². The Labute approximate surface area is 300 Å². The lowest BCUT2D eigenvalue weighted by molar-refractivity contribution is -0.135. The van der Waals surface area contributed by atoms with Gasteiger partial charge in [-0.3, -0.25) is 33.6 Å². The fourth-order valence-electron chi connectivity index (χ4n) is 5.05. The molecule has 4 rings (SSSR count). The largest absolute Gasteiger partial charge is 0.482 e. The Morgan fingerprint density at radius 1 is 0.528 bits per heavy atom. The molecule has 0 radical (unpaired) electrons. The summed E-state index contributed by atoms with van der Waals surface area (Å²) >= 11 is 0. The van der Waals surface area contributed by atoms with Gasteiger partial charge in [0.1, 0.15) is 17.6 Å². The van der Waals surface area contributed by atoms with Gasteiger partial charge in [-0.1, -0.05) is 0 Å². The van der Waals surface area contributed by atoms with Crippen molar-refractivity contribution < 1.29 is 81.0 Å². The van der Waals surface area contributed by atoms with Gasteiger partial charge in [0.2, 0.25) is 11.5 Å². The molecule has 0 aliphatic carbocycles. The van der Waals surface area contributed by atoms with Crippen molar-refractivity contribution in [3.8, 4) is 46.0 Å². The summed E-state index contributed by atoms with van der Waals surface area (Å²) in [5.74, 6) is -8.84. The predicted octanol–water partition coefficient (Wildman–Crippen LogP) is 4.07. The Balaban J connectivity index is 1.88. The number of carbonyl (C=O) groups is 8. The highest BCUT2D eigenvalue weighted by Crippen LogP contribution is 2.46. The van der Waals surface area contributed by atoms with Gasteiger partial charge < -0.3 is 42.6 Å². The van der Waals surface area contributed by atoms with Crippen molar-refractivity contribution in [3.05, 3.63) is 59.2 Å². The summed E-state index contributed by atoms with van der Waals surface area (Å²) < 4.78 is 48.7. The monoisotopic (exact) mass is 736 g/mol. The second kappa shape index (κ2) is 16.5. The van der Waals surface area contributed by atoms with E-state index in [4.69, 9.17) is 42.6 Å². The van der Waals surface area contributed by atoms with E-state index in [0.717, 1.165) is 53.7 Å². The second-order valence-corrected chi connectivity index (χ2v) is 11.3. The molecule has 1 heterocycles. The van der Waals surface area contributed by atoms with Crippen molar-refractivity contribution in [3.63, 3.8) is 0 Å². The van der Waals surface area contributed by atoms with Crippen LogP contribution in [0.5, 0.6) is 46.0 Å². The molecular formula is C36H32O17. The SMILES string of the molecule is CC(=O)Oc1ccc2c(c1)C[C@@H](OC(=O)c1cc(OC(C)=O)c(OC(C)=O)c(OC(C)=O)c1)[C@@H](c1cc(OC(C)=O)c(OC(C)=O)c(OC(C)=O)c1)O2. The van der Waals surface area contributed by atoms with Gasteiger partial charge in [0.25, 0.3) is 0 Å². The number of fused-ring (bicyclic) bond motifs is 1. The third-order valence-corrected chi connectivity index (χ3v) is 6.70. The number of hydrogen-bond acceptors (Lipinski definition) is 17. The van der Waals surface area contributed by atoms with Crippen LogP contribution in [-0.4, -0.2) is 53.9 Å². The Morgan fingerprint density at radius 2 is 0.943 bits per heavy atom. The lowest BCUT2D eigenvalue weighted by atomic mass is 9.93. The molecule has 0 saturated heterocycles. The molecule has 53 heavy (non-hydrogen) atoms. The molecule has 0 amide bonds. The first kappa shape index (κ1) is 39.0. The van der Waals surface area contributed by atoms with Crippen LogP contribution in [0.1, 0.15) is 76.1 Å². The van der Waals surface area contributed by atoms with Gasteiger partial charge in [-0.2, -0.15) is 0 Å². The van der Waals surface area contributed by atoms with Crippen LogP contribution in [0.3, 0.4) is 0 Å². The van der Waals surface area contributed by atoms with Gasteiger partial charge in [-0.05, 0) is 42.5 Å². The van der Waals surface area contributed by atoms with Crippen molar-refractivity contribution >= 4 is 47.8 Å². The zero-order valence-electron chi connectivity index (χ0n) is 29.3. The van der Waals surface area contributed by atoms with Crippen molar-refractivity contribution in [2.75, 3.05) is 0 Å². The number of benzene rings is 3. The van der Waals surface area contributed by atoms with Crippen LogP contribution in [0.2, 0.25) is 0 Å². The highest BCUT2D eigenvalue weighted by Gasteiger charge is 2.37. The lowest BCUT2D eigenvalue weighted by Gasteiger charge is -2.34. The standard InChI is InChI=1S/C36H32O17/c1-16(37)45-26-8-9-27-23(10-26)11-28(33(52-27)24-12-29(46-17(2)38)34(50-21(6)42)30(13-24)47-18(3)39)53-36(44)25-14-31(48-19(4)40)35(51-22(7)43)32(15-25)49-20(5)41/h8-10,12-15,28,33H,11H2,1-7H3/t28-,33-/m1/s1. The molecule has 0 unspecified atom stereocenters. The first-order chi connectivity index (χ1) is 24.9. The second-order valence-electron chi connectivity index (χ2n) is 11.3. The van der Waals surface area contributed by atoms with Gasteiger partial charge in [-0.25, -0.2) is 4.79 Å². The highest BCUT2D eigenvalue weighted by atomic mass is 16.6. The summed E-state index contributed by atoms with van der Waals surface area (Å²) in [5.41, 5.74) is 0.187. The van der Waals surface area contributed by atoms with Crippen LogP contribution in [0.4, 0.5) is 0 Å². The molecule has 2 atom stereocenters. The van der Waals surface area contributed by atoms with Gasteiger partial charge in [-0.15, -0.1) is 0 Å². The molecule has 0 aromatic heterocycles. The third-order valence-electron chi connectivity index (χ3n) is 6.70. The minimum Gasteiger partial charge on any atom is -0.482 e. The lowest BCUT2D eigenvalue weighted by Crippen LogP contribution is -2.35. The number of hydrogen-bond donors (Lipinski definition) is 0. The molecule has 1 aliphatic rings. The molecular weight excluding hydrogens is 704 g/mol. The van der Waals surface area contributed by atoms with E-state index in [9.17, 15) is 38.4 Å². The van der Waals surface area contributed by atoms with E-state index in [-0.39, 0.29) is 40.5 Å². The molecule has 3 aromatic carbocycles. The van der Waals surface area contributed by atoms with E-state index in [1.807, 2.05) is 0 Å². The predicted molar refractivity (Wildman–Crippen MR) is 175 cm³/mol. The summed E-state index contributed by atoms with van der Waals surface area (Å²) in [6.45, 7) is 7.57. The van der Waals surface area contributed by atoms with Crippen molar-refractivity contribution in [2.24, 2.45) is 0 Å². The van der Waals surface area contributed by atoms with E-state index >= 15 is 0 Å². The normalized spacial score (nSPS) is 14.2. The summed E-state index contributed by atoms with van der Waals surface area (Å²) in [6.07, 6.45) is -2.64. The fraction of sp³-hybridized carbons (Fsp3) is 0.278. The average Bonchev–Trinajstić information content (AvgIpc) is 3.01. The smallest absolute Gasteiger partial charge is 0.338 e. The molecule has 278 valence electrons. The number of ether oxygens (including phenoxy) is 9. The average molecular weight is 737 g/mol. The van der Waals surface area contributed by atoms with Crippen LogP contribution < -0.4 is 37.9 Å². The Kier molecular flexibility index (Phi) is 12.1.